The average Bonchev–Trinajstić information content (AvgIpc) is 2.43. The zero-order chi connectivity index (χ0) is 15.3. The smallest absolute Gasteiger partial charge is 0.293 e. The van der Waals surface area contributed by atoms with Crippen molar-refractivity contribution in [1.29, 1.82) is 0 Å². The number of aliphatic hydroxyl groups is 2. The Bertz CT molecular complexity index is 587. The number of nitrogens with one attached hydrogen (secondary N) is 1. The summed E-state index contributed by atoms with van der Waals surface area (Å²) >= 11 is 0. The van der Waals surface area contributed by atoms with E-state index in [1.54, 1.807) is 0 Å². The number of rotatable bonds is 7. The molecule has 0 radical (unpaired) electrons. The van der Waals surface area contributed by atoms with Gasteiger partial charge in [0.25, 0.3) is 5.69 Å². The maximum atomic E-state index is 11.9. The van der Waals surface area contributed by atoms with Gasteiger partial charge in [-0.05, 0) is 12.1 Å². The third kappa shape index (κ3) is 3.87. The van der Waals surface area contributed by atoms with Crippen molar-refractivity contribution in [3.8, 4) is 5.75 Å². The fourth-order valence-corrected chi connectivity index (χ4v) is 2.57. The van der Waals surface area contributed by atoms with Gasteiger partial charge in [-0.2, -0.15) is 0 Å². The highest BCUT2D eigenvalue weighted by Gasteiger charge is 2.26. The van der Waals surface area contributed by atoms with Gasteiger partial charge in [0.2, 0.25) is 10.0 Å². The molecular weight excluding hydrogens is 292 g/mol. The number of ether oxygens (including phenoxy) is 1. The molecule has 112 valence electrons. The van der Waals surface area contributed by atoms with Crippen molar-refractivity contribution in [3.05, 3.63) is 28.3 Å². The molecule has 1 aromatic rings. The van der Waals surface area contributed by atoms with Crippen LogP contribution in [0.15, 0.2) is 23.1 Å². The Hall–Kier alpha value is -1.75. The van der Waals surface area contributed by atoms with Crippen LogP contribution in [0.25, 0.3) is 0 Å². The van der Waals surface area contributed by atoms with Crippen LogP contribution in [0.3, 0.4) is 0 Å². The second-order valence-corrected chi connectivity index (χ2v) is 5.51. The molecule has 0 bridgehead atoms. The van der Waals surface area contributed by atoms with E-state index in [0.717, 1.165) is 12.1 Å². The highest BCUT2D eigenvalue weighted by molar-refractivity contribution is 7.89. The Balaban J connectivity index is 3.14. The average molecular weight is 306 g/mol. The van der Waals surface area contributed by atoms with Crippen molar-refractivity contribution >= 4 is 15.7 Å². The van der Waals surface area contributed by atoms with Crippen LogP contribution in [0.5, 0.6) is 5.75 Å². The molecule has 3 N–H and O–H groups in total. The molecule has 0 amide bonds. The minimum absolute atomic E-state index is 0.144. The van der Waals surface area contributed by atoms with E-state index in [0.29, 0.717) is 0 Å². The van der Waals surface area contributed by atoms with Crippen molar-refractivity contribution in [2.45, 2.75) is 11.0 Å². The Kier molecular flexibility index (Phi) is 5.39. The van der Waals surface area contributed by atoms with Gasteiger partial charge in [-0.3, -0.25) is 10.1 Å². The van der Waals surface area contributed by atoms with Crippen LogP contribution in [0.4, 0.5) is 5.69 Å². The summed E-state index contributed by atoms with van der Waals surface area (Å²) in [5.74, 6) is 0.144. The number of methoxy groups -OCH3 is 1. The molecule has 0 saturated heterocycles. The maximum Gasteiger partial charge on any atom is 0.293 e. The summed E-state index contributed by atoms with van der Waals surface area (Å²) in [6.45, 7) is -1.09. The Morgan fingerprint density at radius 1 is 1.50 bits per heavy atom. The summed E-state index contributed by atoms with van der Waals surface area (Å²) in [5.41, 5.74) is -0.643. The van der Waals surface area contributed by atoms with Gasteiger partial charge in [0, 0.05) is 6.54 Å². The third-order valence-electron chi connectivity index (χ3n) is 2.37. The molecule has 0 aliphatic heterocycles. The fourth-order valence-electron chi connectivity index (χ4n) is 1.34. The third-order valence-corrected chi connectivity index (χ3v) is 3.84. The second-order valence-electron chi connectivity index (χ2n) is 3.78. The first-order chi connectivity index (χ1) is 9.31. The van der Waals surface area contributed by atoms with E-state index in [1.165, 1.54) is 13.2 Å². The first-order valence-electron chi connectivity index (χ1n) is 5.43. The first-order valence-corrected chi connectivity index (χ1v) is 6.91. The van der Waals surface area contributed by atoms with Crippen LogP contribution < -0.4 is 9.46 Å². The number of aliphatic hydroxyl groups excluding tert-OH is 2. The minimum atomic E-state index is -4.18. The van der Waals surface area contributed by atoms with Gasteiger partial charge in [-0.1, -0.05) is 0 Å². The molecule has 0 saturated carbocycles. The van der Waals surface area contributed by atoms with Crippen molar-refractivity contribution in [2.24, 2.45) is 0 Å². The lowest BCUT2D eigenvalue weighted by Crippen LogP contribution is -2.34. The SMILES string of the molecule is COc1ccc(S(=O)(=O)NCC(O)CO)c([N+](=O)[O-])c1. The number of sulfonamides is 1. The Morgan fingerprint density at radius 2 is 2.15 bits per heavy atom. The van der Waals surface area contributed by atoms with Crippen LogP contribution >= 0.6 is 0 Å². The van der Waals surface area contributed by atoms with Crippen molar-refractivity contribution in [3.63, 3.8) is 0 Å². The van der Waals surface area contributed by atoms with E-state index in [-0.39, 0.29) is 5.75 Å². The first kappa shape index (κ1) is 16.3. The summed E-state index contributed by atoms with van der Waals surface area (Å²) in [7, 11) is -2.89. The molecule has 0 spiro atoms. The number of hydrogen-bond donors (Lipinski definition) is 3. The number of nitro groups is 1. The predicted molar refractivity (Wildman–Crippen MR) is 67.9 cm³/mol. The maximum absolute atomic E-state index is 11.9. The molecule has 0 aromatic heterocycles. The molecule has 1 unspecified atom stereocenters. The molecular formula is C10H14N2O7S. The molecule has 10 heteroatoms. The molecule has 1 aromatic carbocycles. The molecule has 1 atom stereocenters. The summed E-state index contributed by atoms with van der Waals surface area (Å²) in [4.78, 5) is 9.50. The predicted octanol–water partition coefficient (Wildman–Crippen LogP) is -0.765. The number of hydrogen-bond acceptors (Lipinski definition) is 7. The molecule has 0 aliphatic carbocycles. The van der Waals surface area contributed by atoms with Crippen LogP contribution in [0.1, 0.15) is 0 Å². The van der Waals surface area contributed by atoms with Gasteiger partial charge >= 0.3 is 0 Å². The normalized spacial score (nSPS) is 12.9. The van der Waals surface area contributed by atoms with E-state index in [2.05, 4.69) is 0 Å². The van der Waals surface area contributed by atoms with Crippen molar-refractivity contribution in [2.75, 3.05) is 20.3 Å². The molecule has 0 aliphatic rings. The van der Waals surface area contributed by atoms with Crippen LogP contribution in [0, 0.1) is 10.1 Å². The number of benzene rings is 1. The number of nitrogens with zero attached hydrogens (tertiary/aromatic N) is 1. The summed E-state index contributed by atoms with van der Waals surface area (Å²) in [6, 6.07) is 3.28. The lowest BCUT2D eigenvalue weighted by Gasteiger charge is -2.10. The van der Waals surface area contributed by atoms with Gasteiger partial charge in [0.15, 0.2) is 4.90 Å². The van der Waals surface area contributed by atoms with Gasteiger partial charge in [0.05, 0.1) is 30.8 Å². The van der Waals surface area contributed by atoms with E-state index in [1.807, 2.05) is 4.72 Å². The van der Waals surface area contributed by atoms with Crippen LogP contribution in [0.2, 0.25) is 0 Å². The summed E-state index contributed by atoms with van der Waals surface area (Å²) in [6.07, 6.45) is -1.29. The van der Waals surface area contributed by atoms with Gasteiger partial charge < -0.3 is 14.9 Å². The highest BCUT2D eigenvalue weighted by Crippen LogP contribution is 2.28. The van der Waals surface area contributed by atoms with Crippen molar-refractivity contribution in [1.82, 2.24) is 4.72 Å². The molecule has 0 fully saturated rings. The van der Waals surface area contributed by atoms with Crippen molar-refractivity contribution < 1.29 is 28.3 Å². The zero-order valence-corrected chi connectivity index (χ0v) is 11.3. The standard InChI is InChI=1S/C10H14N2O7S/c1-19-8-2-3-10(9(4-8)12(15)16)20(17,18)11-5-7(14)6-13/h2-4,7,11,13-14H,5-6H2,1H3. The van der Waals surface area contributed by atoms with Crippen LogP contribution in [-0.2, 0) is 10.0 Å². The largest absolute Gasteiger partial charge is 0.497 e. The quantitative estimate of drug-likeness (QED) is 0.444. The molecule has 0 heterocycles. The summed E-state index contributed by atoms with van der Waals surface area (Å²) < 4.78 is 30.6. The lowest BCUT2D eigenvalue weighted by atomic mass is 10.3. The van der Waals surface area contributed by atoms with E-state index in [4.69, 9.17) is 14.9 Å². The molecule has 20 heavy (non-hydrogen) atoms. The lowest BCUT2D eigenvalue weighted by molar-refractivity contribution is -0.387. The Labute approximate surface area is 115 Å². The van der Waals surface area contributed by atoms with Gasteiger partial charge in [-0.15, -0.1) is 0 Å². The molecule has 1 rings (SSSR count). The Morgan fingerprint density at radius 3 is 2.65 bits per heavy atom. The number of nitro benzene ring substituents is 1. The van der Waals surface area contributed by atoms with Crippen LogP contribution in [-0.4, -0.2) is 49.9 Å². The molecule has 9 nitrogen and oxygen atoms in total. The second kappa shape index (κ2) is 6.61. The highest BCUT2D eigenvalue weighted by atomic mass is 32.2. The van der Waals surface area contributed by atoms with E-state index < -0.39 is 44.8 Å². The zero-order valence-electron chi connectivity index (χ0n) is 10.5. The minimum Gasteiger partial charge on any atom is -0.497 e. The van der Waals surface area contributed by atoms with Gasteiger partial charge in [-0.25, -0.2) is 13.1 Å². The monoisotopic (exact) mass is 306 g/mol. The van der Waals surface area contributed by atoms with E-state index >= 15 is 0 Å². The topological polar surface area (TPSA) is 139 Å². The fraction of sp³-hybridized carbons (Fsp3) is 0.400. The van der Waals surface area contributed by atoms with Gasteiger partial charge in [0.1, 0.15) is 5.75 Å². The van der Waals surface area contributed by atoms with E-state index in [9.17, 15) is 18.5 Å². The summed E-state index contributed by atoms with van der Waals surface area (Å²) in [5, 5.41) is 28.6.